The third-order valence-electron chi connectivity index (χ3n) is 2.21. The molecule has 6 heteroatoms. The lowest BCUT2D eigenvalue weighted by atomic mass is 10.1. The van der Waals surface area contributed by atoms with Crippen molar-refractivity contribution in [2.75, 3.05) is 0 Å². The second-order valence-electron chi connectivity index (χ2n) is 3.17. The molecule has 0 saturated heterocycles. The Bertz CT molecular complexity index is 453. The van der Waals surface area contributed by atoms with Crippen molar-refractivity contribution >= 4 is 10.0 Å². The van der Waals surface area contributed by atoms with Gasteiger partial charge in [-0.15, -0.1) is 0 Å². The molecule has 0 radical (unpaired) electrons. The highest BCUT2D eigenvalue weighted by Crippen LogP contribution is 2.17. The summed E-state index contributed by atoms with van der Waals surface area (Å²) in [6.07, 6.45) is 0.687. The highest BCUT2D eigenvalue weighted by molar-refractivity contribution is 7.88. The molecule has 0 aliphatic rings. The van der Waals surface area contributed by atoms with Crippen molar-refractivity contribution < 1.29 is 18.8 Å². The van der Waals surface area contributed by atoms with Crippen molar-refractivity contribution in [3.8, 4) is 0 Å². The number of rotatable bonds is 3. The first-order valence-corrected chi connectivity index (χ1v) is 5.86. The monoisotopic (exact) mass is 231 g/mol. The van der Waals surface area contributed by atoms with Crippen molar-refractivity contribution in [3.63, 3.8) is 0 Å². The molecule has 0 heterocycles. The summed E-state index contributed by atoms with van der Waals surface area (Å²) in [5.74, 6) is 0. The number of benzene rings is 1. The van der Waals surface area contributed by atoms with Crippen molar-refractivity contribution in [2.24, 2.45) is 0 Å². The normalized spacial score (nSPS) is 12.1. The fraction of sp³-hybridized carbons (Fsp3) is 0.333. The molecule has 0 spiro atoms. The van der Waals surface area contributed by atoms with Gasteiger partial charge in [0.15, 0.2) is 0 Å². The number of hydrogen-bond donors (Lipinski definition) is 2. The maximum atomic E-state index is 11.3. The van der Waals surface area contributed by atoms with Crippen molar-refractivity contribution in [1.82, 2.24) is 4.63 Å². The third kappa shape index (κ3) is 2.35. The minimum atomic E-state index is -4.18. The van der Waals surface area contributed by atoms with E-state index in [9.17, 15) is 8.42 Å². The lowest BCUT2D eigenvalue weighted by Crippen LogP contribution is -2.23. The Morgan fingerprint density at radius 2 is 1.93 bits per heavy atom. The van der Waals surface area contributed by atoms with E-state index in [0.29, 0.717) is 6.42 Å². The van der Waals surface area contributed by atoms with Crippen molar-refractivity contribution in [2.45, 2.75) is 25.2 Å². The third-order valence-corrected chi connectivity index (χ3v) is 3.49. The molecule has 0 atom stereocenters. The quantitative estimate of drug-likeness (QED) is 0.769. The molecular formula is C9H13NO4S. The van der Waals surface area contributed by atoms with Crippen LogP contribution in [0, 0.1) is 6.92 Å². The number of nitrogens with zero attached hydrogens (tertiary/aromatic N) is 1. The van der Waals surface area contributed by atoms with E-state index in [1.165, 1.54) is 12.1 Å². The Balaban J connectivity index is 3.29. The maximum absolute atomic E-state index is 11.3. The molecule has 1 rings (SSSR count). The Hall–Kier alpha value is -0.950. The van der Waals surface area contributed by atoms with E-state index in [1.54, 1.807) is 6.07 Å². The second kappa shape index (κ2) is 4.28. The summed E-state index contributed by atoms with van der Waals surface area (Å²) in [6, 6.07) is 4.41. The highest BCUT2D eigenvalue weighted by atomic mass is 32.2. The van der Waals surface area contributed by atoms with Crippen LogP contribution in [0.4, 0.5) is 0 Å². The molecule has 15 heavy (non-hydrogen) atoms. The summed E-state index contributed by atoms with van der Waals surface area (Å²) in [6.45, 7) is 3.76. The summed E-state index contributed by atoms with van der Waals surface area (Å²) < 4.78 is 21.9. The zero-order chi connectivity index (χ0) is 11.6. The summed E-state index contributed by atoms with van der Waals surface area (Å²) in [7, 11) is -4.18. The van der Waals surface area contributed by atoms with Crippen LogP contribution in [0.15, 0.2) is 23.1 Å². The van der Waals surface area contributed by atoms with Gasteiger partial charge in [0.1, 0.15) is 0 Å². The predicted molar refractivity (Wildman–Crippen MR) is 53.2 cm³/mol. The molecule has 0 fully saturated rings. The van der Waals surface area contributed by atoms with E-state index in [1.807, 2.05) is 13.8 Å². The Labute approximate surface area is 88.5 Å². The van der Waals surface area contributed by atoms with Crippen molar-refractivity contribution in [1.29, 1.82) is 0 Å². The van der Waals surface area contributed by atoms with Gasteiger partial charge < -0.3 is 0 Å². The fourth-order valence-corrected chi connectivity index (χ4v) is 2.00. The molecule has 0 aromatic heterocycles. The van der Waals surface area contributed by atoms with Gasteiger partial charge >= 0.3 is 0 Å². The van der Waals surface area contributed by atoms with Gasteiger partial charge in [0.05, 0.1) is 9.53 Å². The molecule has 0 saturated carbocycles. The largest absolute Gasteiger partial charge is 0.288 e. The van der Waals surface area contributed by atoms with E-state index < -0.39 is 14.7 Å². The first kappa shape index (κ1) is 12.1. The van der Waals surface area contributed by atoms with Gasteiger partial charge in [0, 0.05) is 0 Å². The van der Waals surface area contributed by atoms with Crippen LogP contribution in [0.25, 0.3) is 0 Å². The molecule has 0 aliphatic carbocycles. The van der Waals surface area contributed by atoms with Gasteiger partial charge in [-0.1, -0.05) is 13.0 Å². The van der Waals surface area contributed by atoms with Crippen LogP contribution in [-0.4, -0.2) is 23.5 Å². The second-order valence-corrected chi connectivity index (χ2v) is 4.92. The molecule has 0 amide bonds. The summed E-state index contributed by atoms with van der Waals surface area (Å²) >= 11 is 0. The number of aryl methyl sites for hydroxylation is 2. The molecule has 1 aromatic carbocycles. The van der Waals surface area contributed by atoms with Crippen LogP contribution in [0.3, 0.4) is 0 Å². The maximum Gasteiger partial charge on any atom is 0.288 e. The smallest absolute Gasteiger partial charge is 0.276 e. The Morgan fingerprint density at radius 1 is 1.33 bits per heavy atom. The zero-order valence-electron chi connectivity index (χ0n) is 8.51. The van der Waals surface area contributed by atoms with Gasteiger partial charge in [0.2, 0.25) is 0 Å². The Kier molecular flexibility index (Phi) is 3.46. The van der Waals surface area contributed by atoms with Gasteiger partial charge in [0.25, 0.3) is 10.0 Å². The minimum absolute atomic E-state index is 0.130. The van der Waals surface area contributed by atoms with E-state index in [0.717, 1.165) is 11.1 Å². The molecule has 0 unspecified atom stereocenters. The first-order chi connectivity index (χ1) is 6.89. The van der Waals surface area contributed by atoms with E-state index in [-0.39, 0.29) is 4.90 Å². The molecule has 5 nitrogen and oxygen atoms in total. The van der Waals surface area contributed by atoms with Crippen molar-refractivity contribution in [3.05, 3.63) is 29.3 Å². The van der Waals surface area contributed by atoms with Crippen LogP contribution in [-0.2, 0) is 16.4 Å². The van der Waals surface area contributed by atoms with Crippen LogP contribution in [0.5, 0.6) is 0 Å². The minimum Gasteiger partial charge on any atom is -0.276 e. The summed E-state index contributed by atoms with van der Waals surface area (Å²) in [5, 5.41) is 17.1. The van der Waals surface area contributed by atoms with Crippen LogP contribution in [0.2, 0.25) is 0 Å². The van der Waals surface area contributed by atoms with Crippen LogP contribution >= 0.6 is 0 Å². The average Bonchev–Trinajstić information content (AvgIpc) is 2.18. The Morgan fingerprint density at radius 3 is 2.40 bits per heavy atom. The number of sulfonamides is 1. The highest BCUT2D eigenvalue weighted by Gasteiger charge is 2.21. The molecule has 0 bridgehead atoms. The fourth-order valence-electron chi connectivity index (χ4n) is 1.28. The van der Waals surface area contributed by atoms with E-state index in [2.05, 4.69) is 0 Å². The predicted octanol–water partition coefficient (Wildman–Crippen LogP) is 1.33. The topological polar surface area (TPSA) is 77.8 Å². The van der Waals surface area contributed by atoms with Gasteiger partial charge in [-0.25, -0.2) is 8.42 Å². The molecule has 1 aromatic rings. The summed E-state index contributed by atoms with van der Waals surface area (Å²) in [4.78, 5) is -0.130. The van der Waals surface area contributed by atoms with Gasteiger partial charge in [-0.2, -0.15) is 0 Å². The van der Waals surface area contributed by atoms with E-state index in [4.69, 9.17) is 10.4 Å². The van der Waals surface area contributed by atoms with Crippen LogP contribution in [0.1, 0.15) is 18.1 Å². The summed E-state index contributed by atoms with van der Waals surface area (Å²) in [5.41, 5.74) is 1.83. The SMILES string of the molecule is CCc1cc(S(=O)(=O)N(O)O)ccc1C. The molecular weight excluding hydrogens is 218 g/mol. The molecule has 0 aliphatic heterocycles. The lowest BCUT2D eigenvalue weighted by Gasteiger charge is -2.10. The van der Waals surface area contributed by atoms with Gasteiger partial charge in [-0.05, 0) is 36.6 Å². The molecule has 84 valence electrons. The van der Waals surface area contributed by atoms with E-state index >= 15 is 0 Å². The average molecular weight is 231 g/mol. The first-order valence-electron chi connectivity index (χ1n) is 4.42. The number of hydrogen-bond acceptors (Lipinski definition) is 4. The standard InChI is InChI=1S/C9H13NO4S/c1-3-8-6-9(5-4-7(8)2)15(13,14)10(11)12/h4-6,11-12H,3H2,1-2H3. The lowest BCUT2D eigenvalue weighted by molar-refractivity contribution is -0.226. The molecule has 2 N–H and O–H groups in total. The van der Waals surface area contributed by atoms with Crippen LogP contribution < -0.4 is 0 Å². The van der Waals surface area contributed by atoms with Gasteiger partial charge in [-0.3, -0.25) is 10.4 Å². The zero-order valence-corrected chi connectivity index (χ0v) is 9.32.